The zero-order chi connectivity index (χ0) is 20.9. The molecule has 0 unspecified atom stereocenters. The Balaban J connectivity index is 1.59. The molecular weight excluding hydrogens is 374 g/mol. The Labute approximate surface area is 175 Å². The average molecular weight is 397 g/mol. The number of nitrogens with zero attached hydrogens (tertiary/aromatic N) is 5. The highest BCUT2D eigenvalue weighted by Crippen LogP contribution is 2.17. The van der Waals surface area contributed by atoms with Crippen LogP contribution in [-0.2, 0) is 13.1 Å². The van der Waals surface area contributed by atoms with Crippen molar-refractivity contribution in [2.75, 3.05) is 0 Å². The smallest absolute Gasteiger partial charge is 0.254 e. The molecule has 1 amide bonds. The van der Waals surface area contributed by atoms with Crippen molar-refractivity contribution >= 4 is 5.91 Å². The topological polar surface area (TPSA) is 63.9 Å². The fourth-order valence-corrected chi connectivity index (χ4v) is 3.44. The van der Waals surface area contributed by atoms with Gasteiger partial charge in [-0.15, -0.1) is 0 Å². The highest BCUT2D eigenvalue weighted by atomic mass is 16.2. The fourth-order valence-electron chi connectivity index (χ4n) is 3.44. The highest BCUT2D eigenvalue weighted by Gasteiger charge is 2.17. The quantitative estimate of drug-likeness (QED) is 0.491. The van der Waals surface area contributed by atoms with Crippen LogP contribution in [0, 0.1) is 13.8 Å². The molecule has 3 heterocycles. The third-order valence-electron chi connectivity index (χ3n) is 4.87. The molecule has 0 saturated carbocycles. The number of carbonyl (C=O) groups excluding carboxylic acids is 1. The van der Waals surface area contributed by atoms with Crippen LogP contribution in [0.25, 0.3) is 5.69 Å². The van der Waals surface area contributed by atoms with E-state index < -0.39 is 0 Å². The molecule has 0 radical (unpaired) electrons. The van der Waals surface area contributed by atoms with Crippen molar-refractivity contribution in [2.24, 2.45) is 0 Å². The van der Waals surface area contributed by atoms with E-state index in [1.54, 1.807) is 24.8 Å². The molecule has 0 spiro atoms. The first-order valence-corrected chi connectivity index (χ1v) is 9.81. The van der Waals surface area contributed by atoms with Crippen molar-refractivity contribution in [3.8, 4) is 5.69 Å². The van der Waals surface area contributed by atoms with E-state index in [2.05, 4.69) is 15.1 Å². The van der Waals surface area contributed by atoms with E-state index in [-0.39, 0.29) is 5.91 Å². The number of pyridine rings is 2. The van der Waals surface area contributed by atoms with Gasteiger partial charge in [-0.2, -0.15) is 5.10 Å². The van der Waals surface area contributed by atoms with Crippen molar-refractivity contribution in [3.05, 3.63) is 107 Å². The monoisotopic (exact) mass is 397 g/mol. The van der Waals surface area contributed by atoms with Crippen LogP contribution in [0.15, 0.2) is 79.4 Å². The van der Waals surface area contributed by atoms with Gasteiger partial charge in [0.15, 0.2) is 0 Å². The molecule has 30 heavy (non-hydrogen) atoms. The highest BCUT2D eigenvalue weighted by molar-refractivity contribution is 5.94. The molecule has 0 N–H and O–H groups in total. The predicted octanol–water partition coefficient (Wildman–Crippen LogP) is 4.12. The molecule has 0 bridgehead atoms. The second-order valence-electron chi connectivity index (χ2n) is 7.26. The normalized spacial score (nSPS) is 10.7. The lowest BCUT2D eigenvalue weighted by atomic mass is 10.1. The number of hydrogen-bond acceptors (Lipinski definition) is 4. The lowest BCUT2D eigenvalue weighted by Gasteiger charge is -2.23. The summed E-state index contributed by atoms with van der Waals surface area (Å²) in [6.45, 7) is 4.96. The Kier molecular flexibility index (Phi) is 5.66. The first-order chi connectivity index (χ1) is 14.6. The molecule has 4 aromatic rings. The average Bonchev–Trinajstić information content (AvgIpc) is 3.12. The van der Waals surface area contributed by atoms with Crippen LogP contribution in [-0.4, -0.2) is 30.6 Å². The molecule has 0 atom stereocenters. The minimum Gasteiger partial charge on any atom is -0.330 e. The van der Waals surface area contributed by atoms with Crippen LogP contribution >= 0.6 is 0 Å². The van der Waals surface area contributed by atoms with Gasteiger partial charge < -0.3 is 4.90 Å². The van der Waals surface area contributed by atoms with Gasteiger partial charge >= 0.3 is 0 Å². The third-order valence-corrected chi connectivity index (χ3v) is 4.87. The van der Waals surface area contributed by atoms with Gasteiger partial charge in [0.1, 0.15) is 0 Å². The number of rotatable bonds is 6. The van der Waals surface area contributed by atoms with Crippen molar-refractivity contribution in [1.82, 2.24) is 24.6 Å². The molecule has 4 rings (SSSR count). The predicted molar refractivity (Wildman–Crippen MR) is 115 cm³/mol. The molecular formula is C24H23N5O. The summed E-state index contributed by atoms with van der Waals surface area (Å²) >= 11 is 0. The van der Waals surface area contributed by atoms with E-state index in [9.17, 15) is 4.79 Å². The van der Waals surface area contributed by atoms with E-state index in [0.29, 0.717) is 18.7 Å². The van der Waals surface area contributed by atoms with E-state index >= 15 is 0 Å². The lowest BCUT2D eigenvalue weighted by Crippen LogP contribution is -2.30. The molecule has 1 aromatic carbocycles. The molecule has 0 aliphatic heterocycles. The zero-order valence-electron chi connectivity index (χ0n) is 17.1. The molecule has 150 valence electrons. The second kappa shape index (κ2) is 8.69. The van der Waals surface area contributed by atoms with E-state index in [1.165, 1.54) is 0 Å². The Morgan fingerprint density at radius 3 is 2.27 bits per heavy atom. The SMILES string of the molecule is Cc1cc(C)n(-c2ccc(C(=O)N(Cc3ccncc3)Cc3cccnc3)cc2)n1. The summed E-state index contributed by atoms with van der Waals surface area (Å²) in [6.07, 6.45) is 7.01. The standard InChI is InChI=1S/C24H23N5O/c1-18-14-19(2)29(27-18)23-7-5-22(6-8-23)24(30)28(16-20-9-12-25-13-10-20)17-21-4-3-11-26-15-21/h3-15H,16-17H2,1-2H3. The minimum atomic E-state index is -0.0319. The maximum Gasteiger partial charge on any atom is 0.254 e. The second-order valence-corrected chi connectivity index (χ2v) is 7.26. The van der Waals surface area contributed by atoms with E-state index in [0.717, 1.165) is 28.2 Å². The summed E-state index contributed by atoms with van der Waals surface area (Å²) in [4.78, 5) is 23.4. The summed E-state index contributed by atoms with van der Waals surface area (Å²) < 4.78 is 1.88. The van der Waals surface area contributed by atoms with Crippen LogP contribution in [0.2, 0.25) is 0 Å². The largest absolute Gasteiger partial charge is 0.330 e. The number of aromatic nitrogens is 4. The fraction of sp³-hybridized carbons (Fsp3) is 0.167. The van der Waals surface area contributed by atoms with Crippen LogP contribution < -0.4 is 0 Å². The zero-order valence-corrected chi connectivity index (χ0v) is 17.1. The van der Waals surface area contributed by atoms with Crippen molar-refractivity contribution in [2.45, 2.75) is 26.9 Å². The summed E-state index contributed by atoms with van der Waals surface area (Å²) in [5.41, 5.74) is 5.61. The van der Waals surface area contributed by atoms with Crippen LogP contribution in [0.1, 0.15) is 32.9 Å². The van der Waals surface area contributed by atoms with E-state index in [4.69, 9.17) is 0 Å². The summed E-state index contributed by atoms with van der Waals surface area (Å²) in [6, 6.07) is 17.3. The minimum absolute atomic E-state index is 0.0319. The number of benzene rings is 1. The van der Waals surface area contributed by atoms with Gasteiger partial charge in [0.05, 0.1) is 11.4 Å². The Morgan fingerprint density at radius 2 is 1.63 bits per heavy atom. The lowest BCUT2D eigenvalue weighted by molar-refractivity contribution is 0.0730. The first kappa shape index (κ1) is 19.5. The van der Waals surface area contributed by atoms with Crippen molar-refractivity contribution < 1.29 is 4.79 Å². The van der Waals surface area contributed by atoms with Gasteiger partial charge in [-0.3, -0.25) is 14.8 Å². The molecule has 0 aliphatic carbocycles. The van der Waals surface area contributed by atoms with Gasteiger partial charge in [-0.1, -0.05) is 6.07 Å². The number of aryl methyl sites for hydroxylation is 2. The molecule has 6 nitrogen and oxygen atoms in total. The van der Waals surface area contributed by atoms with Gasteiger partial charge in [0.25, 0.3) is 5.91 Å². The Bertz CT molecular complexity index is 1080. The van der Waals surface area contributed by atoms with Gasteiger partial charge in [-0.25, -0.2) is 4.68 Å². The number of hydrogen-bond donors (Lipinski definition) is 0. The van der Waals surface area contributed by atoms with E-state index in [1.807, 2.05) is 78.0 Å². The Morgan fingerprint density at radius 1 is 0.900 bits per heavy atom. The number of amides is 1. The number of carbonyl (C=O) groups is 1. The molecule has 0 fully saturated rings. The third kappa shape index (κ3) is 4.43. The first-order valence-electron chi connectivity index (χ1n) is 9.81. The maximum absolute atomic E-state index is 13.3. The summed E-state index contributed by atoms with van der Waals surface area (Å²) in [5, 5.41) is 4.51. The van der Waals surface area contributed by atoms with Gasteiger partial charge in [0, 0.05) is 49.1 Å². The maximum atomic E-state index is 13.3. The molecule has 0 aliphatic rings. The summed E-state index contributed by atoms with van der Waals surface area (Å²) in [7, 11) is 0. The van der Waals surface area contributed by atoms with Crippen molar-refractivity contribution in [3.63, 3.8) is 0 Å². The molecule has 3 aromatic heterocycles. The van der Waals surface area contributed by atoms with Crippen LogP contribution in [0.4, 0.5) is 0 Å². The van der Waals surface area contributed by atoms with Crippen molar-refractivity contribution in [1.29, 1.82) is 0 Å². The summed E-state index contributed by atoms with van der Waals surface area (Å²) in [5.74, 6) is -0.0319. The Hall–Kier alpha value is -3.80. The van der Waals surface area contributed by atoms with Gasteiger partial charge in [0.2, 0.25) is 0 Å². The molecule has 6 heteroatoms. The van der Waals surface area contributed by atoms with Crippen LogP contribution in [0.5, 0.6) is 0 Å². The van der Waals surface area contributed by atoms with Crippen LogP contribution in [0.3, 0.4) is 0 Å². The van der Waals surface area contributed by atoms with Gasteiger partial charge in [-0.05, 0) is 73.5 Å². The molecule has 0 saturated heterocycles.